The molecule has 2 atom stereocenters. The lowest BCUT2D eigenvalue weighted by molar-refractivity contribution is -0.158. The van der Waals surface area contributed by atoms with Crippen molar-refractivity contribution < 1.29 is 39.6 Å². The fourth-order valence-corrected chi connectivity index (χ4v) is 1.61. The summed E-state index contributed by atoms with van der Waals surface area (Å²) in [6, 6.07) is 0. The molecule has 120 valence electrons. The molecular formula is C13H20O8. The number of hydrogen-bond acceptors (Lipinski definition) is 4. The SMILES string of the molecule is CC(=O)O.CC(=O)O.CC1(C(=O)O)C=CCCC1C(=O)O. The molecule has 0 aromatic carbocycles. The summed E-state index contributed by atoms with van der Waals surface area (Å²) in [5.74, 6) is -4.58. The molecule has 0 fully saturated rings. The Balaban J connectivity index is 0. The van der Waals surface area contributed by atoms with Crippen molar-refractivity contribution in [1.82, 2.24) is 0 Å². The van der Waals surface area contributed by atoms with Gasteiger partial charge in [0.2, 0.25) is 0 Å². The molecule has 0 aromatic rings. The monoisotopic (exact) mass is 304 g/mol. The van der Waals surface area contributed by atoms with Crippen LogP contribution >= 0.6 is 0 Å². The van der Waals surface area contributed by atoms with Crippen LogP contribution in [0.2, 0.25) is 0 Å². The minimum Gasteiger partial charge on any atom is -0.481 e. The summed E-state index contributed by atoms with van der Waals surface area (Å²) >= 11 is 0. The summed E-state index contributed by atoms with van der Waals surface area (Å²) in [7, 11) is 0. The standard InChI is InChI=1S/C9H12O4.2C2H4O2/c1-9(8(12)13)5-3-2-4-6(9)7(10)11;2*1-2(3)4/h3,5-6H,2,4H2,1H3,(H,10,11)(H,12,13);2*1H3,(H,3,4). The third-order valence-electron chi connectivity index (χ3n) is 2.57. The maximum absolute atomic E-state index is 10.9. The first-order valence-electron chi connectivity index (χ1n) is 5.98. The van der Waals surface area contributed by atoms with E-state index in [1.54, 1.807) is 6.08 Å². The van der Waals surface area contributed by atoms with Crippen LogP contribution in [0.3, 0.4) is 0 Å². The highest BCUT2D eigenvalue weighted by atomic mass is 16.4. The van der Waals surface area contributed by atoms with Crippen LogP contribution in [0, 0.1) is 11.3 Å². The van der Waals surface area contributed by atoms with Gasteiger partial charge in [0, 0.05) is 13.8 Å². The van der Waals surface area contributed by atoms with Crippen LogP contribution in [-0.2, 0) is 19.2 Å². The van der Waals surface area contributed by atoms with Gasteiger partial charge in [-0.2, -0.15) is 0 Å². The molecular weight excluding hydrogens is 284 g/mol. The third-order valence-corrected chi connectivity index (χ3v) is 2.57. The molecule has 0 amide bonds. The Kier molecular flexibility index (Phi) is 9.48. The predicted octanol–water partition coefficient (Wildman–Crippen LogP) is 1.31. The van der Waals surface area contributed by atoms with Crippen molar-refractivity contribution in [2.75, 3.05) is 0 Å². The van der Waals surface area contributed by atoms with Gasteiger partial charge in [-0.15, -0.1) is 0 Å². The van der Waals surface area contributed by atoms with E-state index in [2.05, 4.69) is 0 Å². The van der Waals surface area contributed by atoms with E-state index in [1.165, 1.54) is 13.0 Å². The Morgan fingerprint density at radius 3 is 1.62 bits per heavy atom. The van der Waals surface area contributed by atoms with Gasteiger partial charge in [-0.25, -0.2) is 0 Å². The molecule has 0 aliphatic heterocycles. The molecule has 0 radical (unpaired) electrons. The van der Waals surface area contributed by atoms with Crippen molar-refractivity contribution in [2.24, 2.45) is 11.3 Å². The zero-order valence-electron chi connectivity index (χ0n) is 12.1. The van der Waals surface area contributed by atoms with E-state index >= 15 is 0 Å². The lowest BCUT2D eigenvalue weighted by atomic mass is 9.71. The second-order valence-electron chi connectivity index (χ2n) is 4.50. The molecule has 0 spiro atoms. The Bertz CT molecular complexity index is 406. The largest absolute Gasteiger partial charge is 0.481 e. The zero-order valence-corrected chi connectivity index (χ0v) is 12.1. The zero-order chi connectivity index (χ0) is 17.2. The number of carboxylic acids is 4. The second-order valence-corrected chi connectivity index (χ2v) is 4.50. The number of hydrogen-bond donors (Lipinski definition) is 4. The van der Waals surface area contributed by atoms with Crippen molar-refractivity contribution in [3.05, 3.63) is 12.2 Å². The van der Waals surface area contributed by atoms with Gasteiger partial charge in [-0.05, 0) is 19.8 Å². The van der Waals surface area contributed by atoms with Crippen molar-refractivity contribution in [3.63, 3.8) is 0 Å². The number of rotatable bonds is 2. The van der Waals surface area contributed by atoms with Crippen molar-refractivity contribution >= 4 is 23.9 Å². The highest BCUT2D eigenvalue weighted by Crippen LogP contribution is 2.36. The van der Waals surface area contributed by atoms with Gasteiger partial charge in [0.15, 0.2) is 0 Å². The normalized spacial score (nSPS) is 22.7. The lowest BCUT2D eigenvalue weighted by Gasteiger charge is -2.30. The molecule has 0 heterocycles. The highest BCUT2D eigenvalue weighted by Gasteiger charge is 2.44. The van der Waals surface area contributed by atoms with Gasteiger partial charge in [-0.1, -0.05) is 12.2 Å². The van der Waals surface area contributed by atoms with E-state index in [9.17, 15) is 9.59 Å². The van der Waals surface area contributed by atoms with Crippen LogP contribution in [-0.4, -0.2) is 44.3 Å². The number of allylic oxidation sites excluding steroid dienone is 1. The van der Waals surface area contributed by atoms with Gasteiger partial charge in [-0.3, -0.25) is 19.2 Å². The summed E-state index contributed by atoms with van der Waals surface area (Å²) in [5.41, 5.74) is -1.25. The first-order chi connectivity index (χ1) is 9.45. The summed E-state index contributed by atoms with van der Waals surface area (Å²) in [6.45, 7) is 3.61. The molecule has 0 aromatic heterocycles. The average Bonchev–Trinajstić information content (AvgIpc) is 2.27. The molecule has 1 rings (SSSR count). The van der Waals surface area contributed by atoms with Crippen LogP contribution in [0.4, 0.5) is 0 Å². The van der Waals surface area contributed by atoms with Gasteiger partial charge in [0.05, 0.1) is 11.3 Å². The van der Waals surface area contributed by atoms with Crippen LogP contribution in [0.25, 0.3) is 0 Å². The minimum atomic E-state index is -1.25. The van der Waals surface area contributed by atoms with Crippen molar-refractivity contribution in [2.45, 2.75) is 33.6 Å². The Hall–Kier alpha value is -2.38. The van der Waals surface area contributed by atoms with Crippen molar-refractivity contribution in [1.29, 1.82) is 0 Å². The van der Waals surface area contributed by atoms with Gasteiger partial charge in [0.25, 0.3) is 11.9 Å². The molecule has 8 heteroatoms. The summed E-state index contributed by atoms with van der Waals surface area (Å²) in [4.78, 5) is 39.7. The minimum absolute atomic E-state index is 0.397. The number of aliphatic carboxylic acids is 4. The molecule has 0 bridgehead atoms. The number of carboxylic acid groups (broad SMARTS) is 4. The van der Waals surface area contributed by atoms with E-state index in [0.29, 0.717) is 12.8 Å². The summed E-state index contributed by atoms with van der Waals surface area (Å²) < 4.78 is 0. The second kappa shape index (κ2) is 9.51. The average molecular weight is 304 g/mol. The third kappa shape index (κ3) is 9.20. The quantitative estimate of drug-likeness (QED) is 0.558. The van der Waals surface area contributed by atoms with Crippen LogP contribution in [0.15, 0.2) is 12.2 Å². The topological polar surface area (TPSA) is 149 Å². The van der Waals surface area contributed by atoms with E-state index in [0.717, 1.165) is 13.8 Å². The first kappa shape index (κ1) is 20.9. The summed E-state index contributed by atoms with van der Waals surface area (Å²) in [5, 5.41) is 32.6. The fourth-order valence-electron chi connectivity index (χ4n) is 1.61. The fraction of sp³-hybridized carbons (Fsp3) is 0.538. The molecule has 21 heavy (non-hydrogen) atoms. The molecule has 0 saturated heterocycles. The molecule has 4 N–H and O–H groups in total. The maximum atomic E-state index is 10.9. The Morgan fingerprint density at radius 1 is 1.00 bits per heavy atom. The van der Waals surface area contributed by atoms with E-state index in [4.69, 9.17) is 30.0 Å². The van der Waals surface area contributed by atoms with Gasteiger partial charge >= 0.3 is 11.9 Å². The van der Waals surface area contributed by atoms with Crippen LogP contribution < -0.4 is 0 Å². The Morgan fingerprint density at radius 2 is 1.38 bits per heavy atom. The predicted molar refractivity (Wildman–Crippen MR) is 71.9 cm³/mol. The van der Waals surface area contributed by atoms with E-state index in [-0.39, 0.29) is 0 Å². The van der Waals surface area contributed by atoms with Crippen LogP contribution in [0.5, 0.6) is 0 Å². The molecule has 1 aliphatic carbocycles. The Labute approximate surface area is 121 Å². The van der Waals surface area contributed by atoms with Crippen LogP contribution in [0.1, 0.15) is 33.6 Å². The lowest BCUT2D eigenvalue weighted by Crippen LogP contribution is -2.40. The first-order valence-corrected chi connectivity index (χ1v) is 5.98. The number of carbonyl (C=O) groups is 4. The van der Waals surface area contributed by atoms with Crippen molar-refractivity contribution in [3.8, 4) is 0 Å². The summed E-state index contributed by atoms with van der Waals surface area (Å²) in [6.07, 6.45) is 4.25. The maximum Gasteiger partial charge on any atom is 0.314 e. The van der Waals surface area contributed by atoms with E-state index < -0.39 is 35.2 Å². The van der Waals surface area contributed by atoms with E-state index in [1.807, 2.05) is 0 Å². The highest BCUT2D eigenvalue weighted by molar-refractivity contribution is 5.85. The van der Waals surface area contributed by atoms with Gasteiger partial charge < -0.3 is 20.4 Å². The molecule has 0 saturated carbocycles. The molecule has 8 nitrogen and oxygen atoms in total. The molecule has 1 aliphatic rings. The molecule has 2 unspecified atom stereocenters. The smallest absolute Gasteiger partial charge is 0.314 e. The van der Waals surface area contributed by atoms with Gasteiger partial charge in [0.1, 0.15) is 0 Å².